The average Bonchev–Trinajstić information content (AvgIpc) is 3.25. The Morgan fingerprint density at radius 2 is 1.82 bits per heavy atom. The van der Waals surface area contributed by atoms with Crippen molar-refractivity contribution in [2.75, 3.05) is 18.6 Å². The van der Waals surface area contributed by atoms with Crippen LogP contribution in [0.3, 0.4) is 0 Å². The molecule has 2 heterocycles. The molecule has 8 nitrogen and oxygen atoms in total. The molecule has 0 saturated carbocycles. The van der Waals surface area contributed by atoms with Crippen molar-refractivity contribution in [3.8, 4) is 28.4 Å². The first kappa shape index (κ1) is 26.1. The van der Waals surface area contributed by atoms with Crippen LogP contribution in [-0.4, -0.2) is 33.0 Å². The second-order valence-corrected chi connectivity index (χ2v) is 11.9. The lowest BCUT2D eigenvalue weighted by atomic mass is 9.91. The molecule has 9 heteroatoms. The Labute approximate surface area is 222 Å². The number of carbonyl (C=O) groups is 1. The van der Waals surface area contributed by atoms with E-state index >= 15 is 0 Å². The highest BCUT2D eigenvalue weighted by Crippen LogP contribution is 2.42. The third-order valence-electron chi connectivity index (χ3n) is 6.45. The lowest BCUT2D eigenvalue weighted by Gasteiger charge is -2.24. The van der Waals surface area contributed by atoms with E-state index in [9.17, 15) is 13.2 Å². The van der Waals surface area contributed by atoms with Crippen LogP contribution in [0.15, 0.2) is 48.5 Å². The van der Waals surface area contributed by atoms with Gasteiger partial charge in [-0.25, -0.2) is 8.42 Å². The fourth-order valence-corrected chi connectivity index (χ4v) is 5.40. The van der Waals surface area contributed by atoms with Crippen molar-refractivity contribution in [2.45, 2.75) is 46.4 Å². The summed E-state index contributed by atoms with van der Waals surface area (Å²) in [5, 5.41) is 0. The minimum Gasteiger partial charge on any atom is -0.494 e. The quantitative estimate of drug-likeness (QED) is 0.276. The van der Waals surface area contributed by atoms with E-state index in [0.717, 1.165) is 44.7 Å². The summed E-state index contributed by atoms with van der Waals surface area (Å²) >= 11 is 0. The van der Waals surface area contributed by atoms with E-state index in [1.807, 2.05) is 49.4 Å². The van der Waals surface area contributed by atoms with Crippen LogP contribution in [0.5, 0.6) is 17.2 Å². The summed E-state index contributed by atoms with van der Waals surface area (Å²) in [6.07, 6.45) is 1.01. The lowest BCUT2D eigenvalue weighted by molar-refractivity contribution is -0.175. The zero-order valence-corrected chi connectivity index (χ0v) is 22.4. The van der Waals surface area contributed by atoms with Crippen LogP contribution < -0.4 is 14.2 Å². The van der Waals surface area contributed by atoms with Crippen molar-refractivity contribution in [1.82, 2.24) is 0 Å². The molecule has 0 aliphatic carbocycles. The van der Waals surface area contributed by atoms with Crippen molar-refractivity contribution in [2.24, 2.45) is 0 Å². The van der Waals surface area contributed by atoms with Crippen LogP contribution in [-0.2, 0) is 43.9 Å². The zero-order valence-electron chi connectivity index (χ0n) is 21.6. The molecular weight excluding hydrogens is 508 g/mol. The molecular formula is C29H30O8S. The van der Waals surface area contributed by atoms with Gasteiger partial charge in [-0.2, -0.15) is 0 Å². The number of benzene rings is 3. The van der Waals surface area contributed by atoms with Gasteiger partial charge in [-0.15, -0.1) is 0 Å². The zero-order chi connectivity index (χ0) is 26.9. The molecule has 0 aromatic heterocycles. The highest BCUT2D eigenvalue weighted by Gasteiger charge is 2.26. The van der Waals surface area contributed by atoms with Gasteiger partial charge in [0, 0.05) is 29.9 Å². The van der Waals surface area contributed by atoms with Crippen molar-refractivity contribution < 1.29 is 36.9 Å². The Morgan fingerprint density at radius 1 is 1.00 bits per heavy atom. The predicted molar refractivity (Wildman–Crippen MR) is 141 cm³/mol. The Morgan fingerprint density at radius 3 is 2.61 bits per heavy atom. The van der Waals surface area contributed by atoms with E-state index in [4.69, 9.17) is 23.7 Å². The minimum absolute atomic E-state index is 0.103. The SMILES string of the molecule is CC(=O)O[C@@H]1OCc2cc(OCc3ccc4c(c3)-c3c(C)cc(OCCCS(C)(=O)=O)cc3CO4)ccc21. The summed E-state index contributed by atoms with van der Waals surface area (Å²) < 4.78 is 51.4. The van der Waals surface area contributed by atoms with Crippen molar-refractivity contribution in [3.05, 3.63) is 76.3 Å². The Balaban J connectivity index is 1.28. The first-order chi connectivity index (χ1) is 18.2. The first-order valence-electron chi connectivity index (χ1n) is 12.4. The molecule has 1 atom stereocenters. The molecule has 0 radical (unpaired) electrons. The van der Waals surface area contributed by atoms with Gasteiger partial charge in [0.1, 0.15) is 40.3 Å². The molecule has 0 bridgehead atoms. The molecule has 0 saturated heterocycles. The highest BCUT2D eigenvalue weighted by molar-refractivity contribution is 7.90. The average molecular weight is 539 g/mol. The lowest BCUT2D eigenvalue weighted by Crippen LogP contribution is -2.10. The third-order valence-corrected chi connectivity index (χ3v) is 7.48. The topological polar surface area (TPSA) is 97.4 Å². The molecule has 38 heavy (non-hydrogen) atoms. The summed E-state index contributed by atoms with van der Waals surface area (Å²) in [6, 6.07) is 15.6. The van der Waals surface area contributed by atoms with E-state index in [1.54, 1.807) is 0 Å². The molecule has 3 aromatic rings. The van der Waals surface area contributed by atoms with Gasteiger partial charge in [0.2, 0.25) is 6.29 Å². The molecule has 5 rings (SSSR count). The molecule has 2 aliphatic heterocycles. The molecule has 0 fully saturated rings. The van der Waals surface area contributed by atoms with Crippen LogP contribution in [0.25, 0.3) is 11.1 Å². The molecule has 0 spiro atoms. The third kappa shape index (κ3) is 5.95. The Hall–Kier alpha value is -3.56. The van der Waals surface area contributed by atoms with Crippen LogP contribution in [0.2, 0.25) is 0 Å². The second-order valence-electron chi connectivity index (χ2n) is 9.63. The monoisotopic (exact) mass is 538 g/mol. The van der Waals surface area contributed by atoms with Crippen LogP contribution in [0.4, 0.5) is 0 Å². The van der Waals surface area contributed by atoms with Gasteiger partial charge in [0.05, 0.1) is 19.0 Å². The summed E-state index contributed by atoms with van der Waals surface area (Å²) in [6.45, 7) is 4.90. The van der Waals surface area contributed by atoms with Gasteiger partial charge < -0.3 is 23.7 Å². The second kappa shape index (κ2) is 10.7. The van der Waals surface area contributed by atoms with Gasteiger partial charge >= 0.3 is 5.97 Å². The van der Waals surface area contributed by atoms with Gasteiger partial charge in [-0.3, -0.25) is 4.79 Å². The number of ether oxygens (including phenoxy) is 5. The largest absolute Gasteiger partial charge is 0.494 e. The standard InChI is InChI=1S/C29H30O8S/c1-18-11-24(33-9-4-10-38(3,31)32)14-22-17-35-27-8-5-20(12-26(27)28(18)22)15-34-23-6-7-25-21(13-23)16-36-29(25)37-19(2)30/h5-8,11-14,29H,4,9-10,15-17H2,1-3H3/t29-/m0/s1. The van der Waals surface area contributed by atoms with E-state index in [1.165, 1.54) is 13.2 Å². The minimum atomic E-state index is -3.00. The first-order valence-corrected chi connectivity index (χ1v) is 14.5. The van der Waals surface area contributed by atoms with Gasteiger partial charge in [-0.1, -0.05) is 6.07 Å². The molecule has 200 valence electrons. The van der Waals surface area contributed by atoms with Crippen molar-refractivity contribution in [1.29, 1.82) is 0 Å². The Kier molecular flexibility index (Phi) is 7.32. The maximum absolute atomic E-state index is 11.3. The number of rotatable bonds is 9. The van der Waals surface area contributed by atoms with Gasteiger partial charge in [0.15, 0.2) is 0 Å². The summed E-state index contributed by atoms with van der Waals surface area (Å²) in [5.74, 6) is 1.95. The normalized spacial score (nSPS) is 15.6. The molecule has 2 aliphatic rings. The van der Waals surface area contributed by atoms with E-state index in [-0.39, 0.29) is 11.7 Å². The van der Waals surface area contributed by atoms with Gasteiger partial charge in [-0.05, 0) is 78.1 Å². The van der Waals surface area contributed by atoms with Gasteiger partial charge in [0.25, 0.3) is 0 Å². The maximum Gasteiger partial charge on any atom is 0.305 e. The number of aryl methyl sites for hydroxylation is 1. The smallest absolute Gasteiger partial charge is 0.305 e. The number of esters is 1. The fraction of sp³-hybridized carbons (Fsp3) is 0.345. The number of carbonyl (C=O) groups excluding carboxylic acids is 1. The number of hydrogen-bond donors (Lipinski definition) is 0. The fourth-order valence-electron chi connectivity index (χ4n) is 4.76. The van der Waals surface area contributed by atoms with Crippen molar-refractivity contribution in [3.63, 3.8) is 0 Å². The van der Waals surface area contributed by atoms with E-state index in [2.05, 4.69) is 6.07 Å². The molecule has 0 N–H and O–H groups in total. The van der Waals surface area contributed by atoms with Crippen molar-refractivity contribution >= 4 is 15.8 Å². The van der Waals surface area contributed by atoms with Crippen LogP contribution in [0, 0.1) is 6.92 Å². The molecule has 3 aromatic carbocycles. The van der Waals surface area contributed by atoms with E-state index in [0.29, 0.717) is 44.3 Å². The van der Waals surface area contributed by atoms with Crippen LogP contribution >= 0.6 is 0 Å². The number of sulfone groups is 1. The summed E-state index contributed by atoms with van der Waals surface area (Å²) in [4.78, 5) is 11.3. The Bertz CT molecular complexity index is 1480. The maximum atomic E-state index is 11.3. The predicted octanol–water partition coefficient (Wildman–Crippen LogP) is 5.04. The van der Waals surface area contributed by atoms with Crippen LogP contribution in [0.1, 0.15) is 47.5 Å². The summed E-state index contributed by atoms with van der Waals surface area (Å²) in [5.41, 5.74) is 6.97. The molecule has 0 amide bonds. The number of fused-ring (bicyclic) bond motifs is 4. The summed E-state index contributed by atoms with van der Waals surface area (Å²) in [7, 11) is -3.00. The van der Waals surface area contributed by atoms with E-state index < -0.39 is 16.1 Å². The highest BCUT2D eigenvalue weighted by atomic mass is 32.2. The number of hydrogen-bond acceptors (Lipinski definition) is 8. The molecule has 0 unspecified atom stereocenters.